The number of hydrogen-bond donors (Lipinski definition) is 2. The van der Waals surface area contributed by atoms with Gasteiger partial charge in [-0.1, -0.05) is 30.3 Å². The van der Waals surface area contributed by atoms with Crippen molar-refractivity contribution in [3.8, 4) is 0 Å². The Hall–Kier alpha value is -1.59. The Kier molecular flexibility index (Phi) is 5.79. The third-order valence-corrected chi connectivity index (χ3v) is 3.09. The van der Waals surface area contributed by atoms with E-state index < -0.39 is 0 Å². The molecule has 19 heavy (non-hydrogen) atoms. The third-order valence-electron chi connectivity index (χ3n) is 3.09. The van der Waals surface area contributed by atoms with E-state index in [-0.39, 0.29) is 43.2 Å². The smallest absolute Gasteiger partial charge is 0.239 e. The highest BCUT2D eigenvalue weighted by atomic mass is 35.5. The predicted octanol–water partition coefficient (Wildman–Crippen LogP) is 0.109. The van der Waals surface area contributed by atoms with Crippen LogP contribution in [-0.2, 0) is 9.59 Å². The van der Waals surface area contributed by atoms with Gasteiger partial charge < -0.3 is 16.0 Å². The molecule has 0 saturated carbocycles. The SMILES string of the molecule is Cl.NCC(C(=O)N1CCNC(=O)C1)c1ccccc1. The van der Waals surface area contributed by atoms with Gasteiger partial charge in [0, 0.05) is 19.6 Å². The molecule has 1 aromatic carbocycles. The number of nitrogens with one attached hydrogen (secondary N) is 1. The molecule has 1 aromatic rings. The van der Waals surface area contributed by atoms with Crippen molar-refractivity contribution in [1.29, 1.82) is 0 Å². The Morgan fingerprint density at radius 1 is 1.37 bits per heavy atom. The summed E-state index contributed by atoms with van der Waals surface area (Å²) in [5.41, 5.74) is 6.60. The van der Waals surface area contributed by atoms with E-state index in [2.05, 4.69) is 5.32 Å². The molecule has 0 spiro atoms. The van der Waals surface area contributed by atoms with E-state index in [9.17, 15) is 9.59 Å². The van der Waals surface area contributed by atoms with E-state index >= 15 is 0 Å². The summed E-state index contributed by atoms with van der Waals surface area (Å²) in [6.45, 7) is 1.44. The summed E-state index contributed by atoms with van der Waals surface area (Å²) in [4.78, 5) is 25.2. The van der Waals surface area contributed by atoms with Gasteiger partial charge in [-0.15, -0.1) is 12.4 Å². The lowest BCUT2D eigenvalue weighted by atomic mass is 9.97. The molecular formula is C13H18ClN3O2. The maximum atomic E-state index is 12.3. The highest BCUT2D eigenvalue weighted by molar-refractivity contribution is 5.89. The van der Waals surface area contributed by atoms with Gasteiger partial charge in [0.1, 0.15) is 0 Å². The first-order chi connectivity index (χ1) is 8.72. The van der Waals surface area contributed by atoms with Crippen LogP contribution in [-0.4, -0.2) is 42.9 Å². The first-order valence-electron chi connectivity index (χ1n) is 6.03. The van der Waals surface area contributed by atoms with E-state index in [1.807, 2.05) is 30.3 Å². The van der Waals surface area contributed by atoms with Gasteiger partial charge in [0.15, 0.2) is 0 Å². The lowest BCUT2D eigenvalue weighted by molar-refractivity contribution is -0.139. The number of benzene rings is 1. The number of halogens is 1. The minimum absolute atomic E-state index is 0. The molecule has 1 fully saturated rings. The van der Waals surface area contributed by atoms with Crippen LogP contribution in [0.15, 0.2) is 30.3 Å². The number of rotatable bonds is 3. The zero-order valence-electron chi connectivity index (χ0n) is 10.5. The fourth-order valence-electron chi connectivity index (χ4n) is 2.11. The molecule has 0 aliphatic carbocycles. The van der Waals surface area contributed by atoms with Gasteiger partial charge in [0.25, 0.3) is 0 Å². The van der Waals surface area contributed by atoms with Crippen LogP contribution < -0.4 is 11.1 Å². The van der Waals surface area contributed by atoms with Crippen LogP contribution in [0.4, 0.5) is 0 Å². The molecule has 6 heteroatoms. The highest BCUT2D eigenvalue weighted by Crippen LogP contribution is 2.17. The fourth-order valence-corrected chi connectivity index (χ4v) is 2.11. The van der Waals surface area contributed by atoms with E-state index in [1.54, 1.807) is 4.90 Å². The van der Waals surface area contributed by atoms with Crippen molar-refractivity contribution in [2.45, 2.75) is 5.92 Å². The largest absolute Gasteiger partial charge is 0.353 e. The average molecular weight is 284 g/mol. The summed E-state index contributed by atoms with van der Waals surface area (Å²) in [7, 11) is 0. The van der Waals surface area contributed by atoms with Crippen LogP contribution >= 0.6 is 12.4 Å². The van der Waals surface area contributed by atoms with Gasteiger partial charge in [-0.05, 0) is 5.56 Å². The van der Waals surface area contributed by atoms with Crippen molar-refractivity contribution in [2.75, 3.05) is 26.2 Å². The topological polar surface area (TPSA) is 75.4 Å². The molecule has 1 heterocycles. The molecule has 1 atom stereocenters. The summed E-state index contributed by atoms with van der Waals surface area (Å²) in [5.74, 6) is -0.547. The molecule has 0 bridgehead atoms. The number of amides is 2. The molecule has 1 saturated heterocycles. The van der Waals surface area contributed by atoms with Crippen molar-refractivity contribution in [3.63, 3.8) is 0 Å². The quantitative estimate of drug-likeness (QED) is 0.827. The molecule has 0 aromatic heterocycles. The Balaban J connectivity index is 0.00000180. The first-order valence-corrected chi connectivity index (χ1v) is 6.03. The number of hydrogen-bond acceptors (Lipinski definition) is 3. The maximum Gasteiger partial charge on any atom is 0.239 e. The van der Waals surface area contributed by atoms with Gasteiger partial charge in [-0.25, -0.2) is 0 Å². The standard InChI is InChI=1S/C13H17N3O2.ClH/c14-8-11(10-4-2-1-3-5-10)13(18)16-7-6-15-12(17)9-16;/h1-5,11H,6-9,14H2,(H,15,17);1H. The first kappa shape index (κ1) is 15.5. The number of carbonyl (C=O) groups excluding carboxylic acids is 2. The van der Waals surface area contributed by atoms with Crippen molar-refractivity contribution >= 4 is 24.2 Å². The molecule has 2 amide bonds. The van der Waals surface area contributed by atoms with Gasteiger partial charge >= 0.3 is 0 Å². The Morgan fingerprint density at radius 2 is 2.05 bits per heavy atom. The number of nitrogens with zero attached hydrogens (tertiary/aromatic N) is 1. The lowest BCUT2D eigenvalue weighted by Gasteiger charge is -2.30. The van der Waals surface area contributed by atoms with Crippen LogP contribution in [0.25, 0.3) is 0 Å². The second kappa shape index (κ2) is 7.11. The molecule has 1 unspecified atom stereocenters. The normalized spacial score (nSPS) is 16.3. The van der Waals surface area contributed by atoms with Gasteiger partial charge in [0.05, 0.1) is 12.5 Å². The Morgan fingerprint density at radius 3 is 2.63 bits per heavy atom. The Bertz CT molecular complexity index is 439. The summed E-state index contributed by atoms with van der Waals surface area (Å²) in [6.07, 6.45) is 0. The van der Waals surface area contributed by atoms with Crippen molar-refractivity contribution in [1.82, 2.24) is 10.2 Å². The number of carbonyl (C=O) groups is 2. The highest BCUT2D eigenvalue weighted by Gasteiger charge is 2.27. The van der Waals surface area contributed by atoms with Crippen LogP contribution in [0.2, 0.25) is 0 Å². The molecule has 1 aliphatic heterocycles. The molecule has 1 aliphatic rings. The summed E-state index contributed by atoms with van der Waals surface area (Å²) < 4.78 is 0. The average Bonchev–Trinajstić information content (AvgIpc) is 2.41. The van der Waals surface area contributed by atoms with Gasteiger partial charge in [-0.3, -0.25) is 9.59 Å². The minimum Gasteiger partial charge on any atom is -0.353 e. The second-order valence-electron chi connectivity index (χ2n) is 4.31. The molecule has 5 nitrogen and oxygen atoms in total. The zero-order chi connectivity index (χ0) is 13.0. The van der Waals surface area contributed by atoms with Crippen molar-refractivity contribution in [2.24, 2.45) is 5.73 Å². The molecule has 0 radical (unpaired) electrons. The Labute approximate surface area is 118 Å². The van der Waals surface area contributed by atoms with Gasteiger partial charge in [-0.2, -0.15) is 0 Å². The molecular weight excluding hydrogens is 266 g/mol. The summed E-state index contributed by atoms with van der Waals surface area (Å²) >= 11 is 0. The fraction of sp³-hybridized carbons (Fsp3) is 0.385. The van der Waals surface area contributed by atoms with Crippen molar-refractivity contribution in [3.05, 3.63) is 35.9 Å². The molecule has 104 valence electrons. The minimum atomic E-state index is -0.364. The van der Waals surface area contributed by atoms with Gasteiger partial charge in [0.2, 0.25) is 11.8 Å². The second-order valence-corrected chi connectivity index (χ2v) is 4.31. The van der Waals surface area contributed by atoms with E-state index in [1.165, 1.54) is 0 Å². The third kappa shape index (κ3) is 3.68. The number of piperazine rings is 1. The van der Waals surface area contributed by atoms with E-state index in [0.29, 0.717) is 13.1 Å². The zero-order valence-corrected chi connectivity index (χ0v) is 11.4. The van der Waals surface area contributed by atoms with E-state index in [4.69, 9.17) is 5.73 Å². The maximum absolute atomic E-state index is 12.3. The van der Waals surface area contributed by atoms with Crippen LogP contribution in [0, 0.1) is 0 Å². The monoisotopic (exact) mass is 283 g/mol. The van der Waals surface area contributed by atoms with Crippen molar-refractivity contribution < 1.29 is 9.59 Å². The predicted molar refractivity (Wildman–Crippen MR) is 75.1 cm³/mol. The molecule has 3 N–H and O–H groups in total. The van der Waals surface area contributed by atoms with Crippen LogP contribution in [0.1, 0.15) is 11.5 Å². The molecule has 2 rings (SSSR count). The van der Waals surface area contributed by atoms with Crippen LogP contribution in [0.3, 0.4) is 0 Å². The summed E-state index contributed by atoms with van der Waals surface area (Å²) in [5, 5.41) is 2.70. The summed E-state index contributed by atoms with van der Waals surface area (Å²) in [6, 6.07) is 9.44. The van der Waals surface area contributed by atoms with Crippen LogP contribution in [0.5, 0.6) is 0 Å². The lowest BCUT2D eigenvalue weighted by Crippen LogP contribution is -2.51. The van der Waals surface area contributed by atoms with E-state index in [0.717, 1.165) is 5.56 Å². The number of nitrogens with two attached hydrogens (primary N) is 1.